The van der Waals surface area contributed by atoms with Crippen molar-refractivity contribution < 1.29 is 36.5 Å². The van der Waals surface area contributed by atoms with Crippen LogP contribution in [0.15, 0.2) is 41.4 Å². The van der Waals surface area contributed by atoms with E-state index in [9.17, 15) is 31.8 Å². The molecule has 1 aliphatic heterocycles. The molecule has 2 atom stereocenters. The third-order valence-corrected chi connectivity index (χ3v) is 6.98. The molecule has 0 amide bonds. The van der Waals surface area contributed by atoms with Crippen molar-refractivity contribution in [1.82, 2.24) is 9.29 Å². The van der Waals surface area contributed by atoms with Crippen LogP contribution in [0.2, 0.25) is 5.02 Å². The molecule has 1 aromatic heterocycles. The number of halogens is 4. The number of benzene rings is 1. The molecule has 1 aromatic carbocycles. The zero-order valence-electron chi connectivity index (χ0n) is 15.5. The van der Waals surface area contributed by atoms with Crippen molar-refractivity contribution in [3.63, 3.8) is 0 Å². The average molecular weight is 478 g/mol. The molecule has 1 fully saturated rings. The largest absolute Gasteiger partial charge is 0.482 e. The maximum atomic E-state index is 13.0. The van der Waals surface area contributed by atoms with Crippen molar-refractivity contribution in [2.75, 3.05) is 19.7 Å². The highest BCUT2D eigenvalue weighted by atomic mass is 35.5. The van der Waals surface area contributed by atoms with Gasteiger partial charge < -0.3 is 19.8 Å². The molecule has 2 N–H and O–H groups in total. The lowest BCUT2D eigenvalue weighted by molar-refractivity contribution is -0.137. The van der Waals surface area contributed by atoms with Crippen molar-refractivity contribution in [2.45, 2.75) is 22.8 Å². The van der Waals surface area contributed by atoms with E-state index in [4.69, 9.17) is 22.9 Å². The fourth-order valence-corrected chi connectivity index (χ4v) is 5.03. The van der Waals surface area contributed by atoms with Gasteiger partial charge in [0.1, 0.15) is 16.6 Å². The van der Waals surface area contributed by atoms with Crippen LogP contribution in [0.25, 0.3) is 4.85 Å². The minimum atomic E-state index is -4.70. The molecular formula is C18H15ClF3N3O5S. The summed E-state index contributed by atoms with van der Waals surface area (Å²) in [5, 5.41) is 19.7. The summed E-state index contributed by atoms with van der Waals surface area (Å²) in [6, 6.07) is 4.57. The van der Waals surface area contributed by atoms with E-state index >= 15 is 0 Å². The molecule has 2 heterocycles. The minimum Gasteiger partial charge on any atom is -0.482 e. The zero-order valence-corrected chi connectivity index (χ0v) is 17.1. The van der Waals surface area contributed by atoms with Gasteiger partial charge in [0.05, 0.1) is 23.7 Å². The molecule has 13 heteroatoms. The van der Waals surface area contributed by atoms with Gasteiger partial charge in [-0.15, -0.1) is 4.98 Å². The number of aliphatic hydroxyl groups excluding tert-OH is 1. The van der Waals surface area contributed by atoms with Gasteiger partial charge in [0.15, 0.2) is 11.9 Å². The highest BCUT2D eigenvalue weighted by Crippen LogP contribution is 2.36. The number of β-amino-alcohol motifs (C(OH)–C–C–N with tert-alkyl or cyclic N) is 1. The molecule has 166 valence electrons. The summed E-state index contributed by atoms with van der Waals surface area (Å²) in [6.07, 6.45) is -4.72. The first-order chi connectivity index (χ1) is 14.4. The van der Waals surface area contributed by atoms with Crippen LogP contribution in [0.5, 0.6) is 5.75 Å². The molecule has 0 radical (unpaired) electrons. The average Bonchev–Trinajstić information content (AvgIpc) is 3.05. The molecule has 31 heavy (non-hydrogen) atoms. The summed E-state index contributed by atoms with van der Waals surface area (Å²) in [6.45, 7) is 5.03. The Bertz CT molecular complexity index is 1120. The second kappa shape index (κ2) is 8.25. The number of alkyl halides is 3. The Morgan fingerprint density at radius 2 is 2.06 bits per heavy atom. The summed E-state index contributed by atoms with van der Waals surface area (Å²) in [7, 11) is -4.42. The van der Waals surface area contributed by atoms with Crippen molar-refractivity contribution in [2.24, 2.45) is 0 Å². The molecule has 3 rings (SSSR count). The lowest BCUT2D eigenvalue weighted by Crippen LogP contribution is -2.48. The Morgan fingerprint density at radius 3 is 2.58 bits per heavy atom. The van der Waals surface area contributed by atoms with Gasteiger partial charge in [0, 0.05) is 6.54 Å². The van der Waals surface area contributed by atoms with Crippen LogP contribution in [-0.4, -0.2) is 59.3 Å². The Kier molecular flexibility index (Phi) is 6.18. The Labute approximate surface area is 180 Å². The normalized spacial score (nSPS) is 22.3. The number of hydrogen-bond acceptors (Lipinski definition) is 6. The Hall–Kier alpha value is -2.43. The first-order valence-electron chi connectivity index (χ1n) is 8.61. The predicted molar refractivity (Wildman–Crippen MR) is 102 cm³/mol. The van der Waals surface area contributed by atoms with Gasteiger partial charge in [-0.1, -0.05) is 18.2 Å². The van der Waals surface area contributed by atoms with E-state index in [2.05, 4.69) is 9.83 Å². The number of aliphatic hydroxyl groups is 2. The topological polar surface area (TPSA) is 104 Å². The van der Waals surface area contributed by atoms with Crippen molar-refractivity contribution in [3.8, 4) is 5.75 Å². The number of nitrogens with zero attached hydrogens (tertiary/aromatic N) is 3. The molecular weight excluding hydrogens is 463 g/mol. The van der Waals surface area contributed by atoms with Gasteiger partial charge in [-0.05, 0) is 30.3 Å². The summed E-state index contributed by atoms with van der Waals surface area (Å²) < 4.78 is 70.8. The van der Waals surface area contributed by atoms with Crippen LogP contribution in [-0.2, 0) is 16.2 Å². The Balaban J connectivity index is 1.88. The first-order valence-corrected chi connectivity index (χ1v) is 10.4. The smallest absolute Gasteiger partial charge is 0.416 e. The lowest BCUT2D eigenvalue weighted by Gasteiger charge is -2.26. The second-order valence-electron chi connectivity index (χ2n) is 6.77. The van der Waals surface area contributed by atoms with E-state index in [-0.39, 0.29) is 11.6 Å². The number of sulfonamides is 1. The first kappa shape index (κ1) is 23.2. The third-order valence-electron chi connectivity index (χ3n) is 4.68. The summed E-state index contributed by atoms with van der Waals surface area (Å²) in [4.78, 5) is 6.34. The molecule has 0 unspecified atom stereocenters. The van der Waals surface area contributed by atoms with E-state index < -0.39 is 63.1 Å². The van der Waals surface area contributed by atoms with Crippen LogP contribution >= 0.6 is 11.6 Å². The van der Waals surface area contributed by atoms with E-state index in [0.717, 1.165) is 10.4 Å². The highest BCUT2D eigenvalue weighted by molar-refractivity contribution is 7.89. The second-order valence-corrected chi connectivity index (χ2v) is 9.09. The quantitative estimate of drug-likeness (QED) is 0.641. The van der Waals surface area contributed by atoms with E-state index in [1.54, 1.807) is 0 Å². The maximum absolute atomic E-state index is 13.0. The predicted octanol–water partition coefficient (Wildman–Crippen LogP) is 2.48. The summed E-state index contributed by atoms with van der Waals surface area (Å²) >= 11 is 5.82. The van der Waals surface area contributed by atoms with Crippen LogP contribution in [0.4, 0.5) is 19.0 Å². The number of aromatic nitrogens is 1. The van der Waals surface area contributed by atoms with Crippen molar-refractivity contribution >= 4 is 27.4 Å². The zero-order chi connectivity index (χ0) is 23.0. The van der Waals surface area contributed by atoms with Gasteiger partial charge >= 0.3 is 6.18 Å². The lowest BCUT2D eigenvalue weighted by atomic mass is 10.0. The van der Waals surface area contributed by atoms with Crippen molar-refractivity contribution in [3.05, 3.63) is 58.5 Å². The number of ether oxygens (including phenoxy) is 1. The molecule has 1 saturated heterocycles. The van der Waals surface area contributed by atoms with E-state index in [0.29, 0.717) is 12.1 Å². The van der Waals surface area contributed by atoms with Gasteiger partial charge in [-0.2, -0.15) is 17.5 Å². The van der Waals surface area contributed by atoms with Gasteiger partial charge in [0.2, 0.25) is 10.0 Å². The Morgan fingerprint density at radius 1 is 1.35 bits per heavy atom. The summed E-state index contributed by atoms with van der Waals surface area (Å²) in [5.41, 5.74) is -3.11. The number of rotatable bonds is 5. The van der Waals surface area contributed by atoms with Gasteiger partial charge in [0.25, 0.3) is 5.82 Å². The molecule has 0 saturated carbocycles. The molecule has 2 aromatic rings. The monoisotopic (exact) mass is 477 g/mol. The number of pyridine rings is 1. The molecule has 0 bridgehead atoms. The molecule has 0 aliphatic carbocycles. The van der Waals surface area contributed by atoms with Gasteiger partial charge in [-0.3, -0.25) is 0 Å². The van der Waals surface area contributed by atoms with Crippen molar-refractivity contribution in [1.29, 1.82) is 0 Å². The SMILES string of the molecule is [C-]#[N+]c1ccc(O[C@H]2CN(S(=O)(=O)c3ccc(C(F)(F)F)cc3Cl)C[C@@]2(O)CO)cn1. The number of hydrogen-bond donors (Lipinski definition) is 2. The fourth-order valence-electron chi connectivity index (χ4n) is 3.01. The maximum Gasteiger partial charge on any atom is 0.416 e. The van der Waals surface area contributed by atoms with Crippen LogP contribution < -0.4 is 4.74 Å². The molecule has 8 nitrogen and oxygen atoms in total. The standard InChI is InChI=1S/C18H15ClF3N3O5S/c1-23-16-5-3-12(7-24-16)30-15-8-25(9-17(15,27)10-26)31(28,29)14-4-2-11(6-13(14)19)18(20,21)22/h2-7,15,26-27H,8-10H2/t15-,17+/m0/s1. The van der Waals surface area contributed by atoms with Crippen LogP contribution in [0.1, 0.15) is 5.56 Å². The molecule has 1 aliphatic rings. The minimum absolute atomic E-state index is 0.0948. The fraction of sp³-hybridized carbons (Fsp3) is 0.333. The van der Waals surface area contributed by atoms with E-state index in [1.807, 2.05) is 0 Å². The highest BCUT2D eigenvalue weighted by Gasteiger charge is 2.51. The summed E-state index contributed by atoms with van der Waals surface area (Å²) in [5.74, 6) is 0.216. The van der Waals surface area contributed by atoms with Gasteiger partial charge in [-0.25, -0.2) is 8.42 Å². The van der Waals surface area contributed by atoms with E-state index in [1.165, 1.54) is 18.3 Å². The van der Waals surface area contributed by atoms with Crippen LogP contribution in [0, 0.1) is 6.57 Å². The van der Waals surface area contributed by atoms with Crippen LogP contribution in [0.3, 0.4) is 0 Å². The molecule has 0 spiro atoms. The third kappa shape index (κ3) is 4.60.